The van der Waals surface area contributed by atoms with Crippen LogP contribution in [0.3, 0.4) is 0 Å². The molecule has 1 heteroatoms. The Balaban J connectivity index is 1.86. The molecule has 0 N–H and O–H groups in total. The highest BCUT2D eigenvalue weighted by atomic mass is 16.1. The van der Waals surface area contributed by atoms with Crippen LogP contribution in [0.25, 0.3) is 0 Å². The SMILES string of the molecule is CCC(CC)CC(=O)C1CC2CCC1C2. The van der Waals surface area contributed by atoms with Crippen LogP contribution in [-0.2, 0) is 4.79 Å². The maximum atomic E-state index is 12.2. The quantitative estimate of drug-likeness (QED) is 0.671. The summed E-state index contributed by atoms with van der Waals surface area (Å²) in [5.74, 6) is 3.39. The molecular formula is C14H24O. The maximum Gasteiger partial charge on any atom is 0.136 e. The van der Waals surface area contributed by atoms with E-state index in [1.807, 2.05) is 0 Å². The molecule has 2 aliphatic carbocycles. The van der Waals surface area contributed by atoms with Gasteiger partial charge in [-0.2, -0.15) is 0 Å². The summed E-state index contributed by atoms with van der Waals surface area (Å²) < 4.78 is 0. The molecule has 2 saturated carbocycles. The number of carbonyl (C=O) groups excluding carboxylic acids is 1. The lowest BCUT2D eigenvalue weighted by atomic mass is 9.82. The van der Waals surface area contributed by atoms with E-state index >= 15 is 0 Å². The van der Waals surface area contributed by atoms with Gasteiger partial charge in [-0.3, -0.25) is 4.79 Å². The number of hydrogen-bond acceptors (Lipinski definition) is 1. The zero-order chi connectivity index (χ0) is 10.8. The Bertz CT molecular complexity index is 229. The van der Waals surface area contributed by atoms with Crippen LogP contribution < -0.4 is 0 Å². The van der Waals surface area contributed by atoms with Gasteiger partial charge in [0.05, 0.1) is 0 Å². The molecule has 0 spiro atoms. The highest BCUT2D eigenvalue weighted by Gasteiger charge is 2.42. The number of fused-ring (bicyclic) bond motifs is 2. The van der Waals surface area contributed by atoms with E-state index in [0.29, 0.717) is 17.6 Å². The fraction of sp³-hybridized carbons (Fsp3) is 0.929. The lowest BCUT2D eigenvalue weighted by Crippen LogP contribution is -2.22. The Morgan fingerprint density at radius 3 is 2.40 bits per heavy atom. The number of ketones is 1. The molecule has 2 bridgehead atoms. The fourth-order valence-corrected chi connectivity index (χ4v) is 3.65. The second-order valence-corrected chi connectivity index (χ2v) is 5.63. The van der Waals surface area contributed by atoms with Gasteiger partial charge in [0, 0.05) is 12.3 Å². The van der Waals surface area contributed by atoms with Gasteiger partial charge in [0.15, 0.2) is 0 Å². The van der Waals surface area contributed by atoms with Gasteiger partial charge in [-0.25, -0.2) is 0 Å². The van der Waals surface area contributed by atoms with E-state index in [2.05, 4.69) is 13.8 Å². The Kier molecular flexibility index (Phi) is 3.48. The summed E-state index contributed by atoms with van der Waals surface area (Å²) in [7, 11) is 0. The van der Waals surface area contributed by atoms with E-state index in [1.54, 1.807) is 0 Å². The lowest BCUT2D eigenvalue weighted by molar-refractivity contribution is -0.125. The standard InChI is InChI=1S/C14H24O/c1-3-10(4-2)9-14(15)13-8-11-5-6-12(13)7-11/h10-13H,3-9H2,1-2H3. The van der Waals surface area contributed by atoms with Gasteiger partial charge in [-0.1, -0.05) is 33.1 Å². The topological polar surface area (TPSA) is 17.1 Å². The summed E-state index contributed by atoms with van der Waals surface area (Å²) in [6.07, 6.45) is 8.53. The predicted octanol–water partition coefficient (Wildman–Crippen LogP) is 3.82. The van der Waals surface area contributed by atoms with Gasteiger partial charge in [-0.05, 0) is 37.0 Å². The number of rotatable bonds is 5. The molecule has 0 aromatic heterocycles. The minimum Gasteiger partial charge on any atom is -0.299 e. The van der Waals surface area contributed by atoms with Crippen molar-refractivity contribution in [1.82, 2.24) is 0 Å². The third-order valence-electron chi connectivity index (χ3n) is 4.80. The molecule has 1 nitrogen and oxygen atoms in total. The summed E-state index contributed by atoms with van der Waals surface area (Å²) in [5.41, 5.74) is 0. The van der Waals surface area contributed by atoms with E-state index in [-0.39, 0.29) is 0 Å². The van der Waals surface area contributed by atoms with Crippen LogP contribution in [0.1, 0.15) is 58.8 Å². The maximum absolute atomic E-state index is 12.2. The molecule has 0 aliphatic heterocycles. The van der Waals surface area contributed by atoms with Crippen molar-refractivity contribution in [2.75, 3.05) is 0 Å². The zero-order valence-electron chi connectivity index (χ0n) is 10.2. The molecule has 0 radical (unpaired) electrons. The van der Waals surface area contributed by atoms with Crippen LogP contribution in [0.2, 0.25) is 0 Å². The molecule has 2 aliphatic rings. The fourth-order valence-electron chi connectivity index (χ4n) is 3.65. The van der Waals surface area contributed by atoms with Gasteiger partial charge >= 0.3 is 0 Å². The minimum absolute atomic E-state index is 0.462. The molecule has 0 aromatic carbocycles. The Morgan fingerprint density at radius 1 is 1.20 bits per heavy atom. The van der Waals surface area contributed by atoms with Crippen LogP contribution in [-0.4, -0.2) is 5.78 Å². The molecule has 2 rings (SSSR count). The third-order valence-corrected chi connectivity index (χ3v) is 4.80. The van der Waals surface area contributed by atoms with E-state index in [0.717, 1.165) is 18.3 Å². The molecule has 3 unspecified atom stereocenters. The molecule has 0 heterocycles. The van der Waals surface area contributed by atoms with Crippen LogP contribution >= 0.6 is 0 Å². The second kappa shape index (κ2) is 4.67. The number of hydrogen-bond donors (Lipinski definition) is 0. The molecule has 86 valence electrons. The van der Waals surface area contributed by atoms with E-state index in [9.17, 15) is 4.79 Å². The molecule has 2 fully saturated rings. The number of carbonyl (C=O) groups is 1. The largest absolute Gasteiger partial charge is 0.299 e. The molecule has 0 amide bonds. The average molecular weight is 208 g/mol. The van der Waals surface area contributed by atoms with Crippen LogP contribution in [0, 0.1) is 23.7 Å². The Hall–Kier alpha value is -0.330. The molecule has 0 saturated heterocycles. The van der Waals surface area contributed by atoms with Crippen molar-refractivity contribution in [3.63, 3.8) is 0 Å². The van der Waals surface area contributed by atoms with Gasteiger partial charge in [0.2, 0.25) is 0 Å². The highest BCUT2D eigenvalue weighted by molar-refractivity contribution is 5.82. The van der Waals surface area contributed by atoms with Gasteiger partial charge in [0.1, 0.15) is 5.78 Å². The summed E-state index contributed by atoms with van der Waals surface area (Å²) in [6, 6.07) is 0. The smallest absolute Gasteiger partial charge is 0.136 e. The first-order valence-corrected chi connectivity index (χ1v) is 6.77. The van der Waals surface area contributed by atoms with Crippen molar-refractivity contribution in [1.29, 1.82) is 0 Å². The molecule has 3 atom stereocenters. The third kappa shape index (κ3) is 2.26. The van der Waals surface area contributed by atoms with E-state index in [1.165, 1.54) is 38.5 Å². The Labute approximate surface area is 93.6 Å². The number of Topliss-reactive ketones (excluding diaryl/α,β-unsaturated/α-hetero) is 1. The van der Waals surface area contributed by atoms with Crippen molar-refractivity contribution in [3.8, 4) is 0 Å². The minimum atomic E-state index is 0.462. The van der Waals surface area contributed by atoms with Crippen molar-refractivity contribution >= 4 is 5.78 Å². The summed E-state index contributed by atoms with van der Waals surface area (Å²) >= 11 is 0. The monoisotopic (exact) mass is 208 g/mol. The first-order valence-electron chi connectivity index (χ1n) is 6.77. The van der Waals surface area contributed by atoms with Crippen molar-refractivity contribution in [3.05, 3.63) is 0 Å². The van der Waals surface area contributed by atoms with E-state index < -0.39 is 0 Å². The summed E-state index contributed by atoms with van der Waals surface area (Å²) in [5, 5.41) is 0. The van der Waals surface area contributed by atoms with Gasteiger partial charge in [0.25, 0.3) is 0 Å². The van der Waals surface area contributed by atoms with Crippen LogP contribution in [0.4, 0.5) is 0 Å². The Morgan fingerprint density at radius 2 is 1.93 bits per heavy atom. The molecular weight excluding hydrogens is 184 g/mol. The van der Waals surface area contributed by atoms with Crippen molar-refractivity contribution in [2.24, 2.45) is 23.7 Å². The first kappa shape index (κ1) is 11.2. The second-order valence-electron chi connectivity index (χ2n) is 5.63. The van der Waals surface area contributed by atoms with Crippen LogP contribution in [0.15, 0.2) is 0 Å². The predicted molar refractivity (Wildman–Crippen MR) is 62.6 cm³/mol. The van der Waals surface area contributed by atoms with E-state index in [4.69, 9.17) is 0 Å². The molecule has 0 aromatic rings. The molecule has 15 heavy (non-hydrogen) atoms. The first-order chi connectivity index (χ1) is 7.24. The van der Waals surface area contributed by atoms with Gasteiger partial charge < -0.3 is 0 Å². The average Bonchev–Trinajstić information content (AvgIpc) is 2.87. The van der Waals surface area contributed by atoms with Crippen LogP contribution in [0.5, 0.6) is 0 Å². The highest BCUT2D eigenvalue weighted by Crippen LogP contribution is 2.49. The lowest BCUT2D eigenvalue weighted by Gasteiger charge is -2.22. The zero-order valence-corrected chi connectivity index (χ0v) is 10.2. The normalized spacial score (nSPS) is 33.9. The van der Waals surface area contributed by atoms with Crippen molar-refractivity contribution in [2.45, 2.75) is 58.8 Å². The summed E-state index contributed by atoms with van der Waals surface area (Å²) in [6.45, 7) is 4.42. The van der Waals surface area contributed by atoms with Crippen molar-refractivity contribution < 1.29 is 4.79 Å². The summed E-state index contributed by atoms with van der Waals surface area (Å²) in [4.78, 5) is 12.2. The van der Waals surface area contributed by atoms with Gasteiger partial charge in [-0.15, -0.1) is 0 Å².